The zero-order chi connectivity index (χ0) is 14.8. The first-order valence-electron chi connectivity index (χ1n) is 6.72. The van der Waals surface area contributed by atoms with Crippen LogP contribution in [0.2, 0.25) is 0 Å². The van der Waals surface area contributed by atoms with E-state index in [0.29, 0.717) is 18.0 Å². The molecule has 5 heteroatoms. The van der Waals surface area contributed by atoms with E-state index in [4.69, 9.17) is 10.5 Å². The van der Waals surface area contributed by atoms with Gasteiger partial charge in [-0.3, -0.25) is 0 Å². The Morgan fingerprint density at radius 3 is 2.86 bits per heavy atom. The molecule has 4 nitrogen and oxygen atoms in total. The molecule has 1 aromatic heterocycles. The number of fused-ring (bicyclic) bond motifs is 1. The number of imidazole rings is 1. The van der Waals surface area contributed by atoms with Crippen molar-refractivity contribution in [2.45, 2.75) is 13.0 Å². The van der Waals surface area contributed by atoms with E-state index in [1.807, 2.05) is 34.9 Å². The summed E-state index contributed by atoms with van der Waals surface area (Å²) in [5.41, 5.74) is 8.07. The third-order valence-electron chi connectivity index (χ3n) is 3.52. The van der Waals surface area contributed by atoms with Crippen LogP contribution in [0.3, 0.4) is 0 Å². The Hall–Kier alpha value is -2.56. The van der Waals surface area contributed by atoms with Crippen LogP contribution in [0.5, 0.6) is 5.75 Å². The quantitative estimate of drug-likeness (QED) is 0.801. The van der Waals surface area contributed by atoms with Crippen molar-refractivity contribution in [3.8, 4) is 5.75 Å². The number of nitrogens with two attached hydrogens (primary N) is 1. The fourth-order valence-electron chi connectivity index (χ4n) is 2.43. The van der Waals surface area contributed by atoms with Gasteiger partial charge in [-0.15, -0.1) is 0 Å². The van der Waals surface area contributed by atoms with E-state index >= 15 is 0 Å². The van der Waals surface area contributed by atoms with Gasteiger partial charge in [0.2, 0.25) is 5.95 Å². The summed E-state index contributed by atoms with van der Waals surface area (Å²) in [4.78, 5) is 4.10. The predicted octanol–water partition coefficient (Wildman–Crippen LogP) is 3.01. The Bertz CT molecular complexity index is 782. The summed E-state index contributed by atoms with van der Waals surface area (Å²) in [5.74, 6) is 0.805. The van der Waals surface area contributed by atoms with Crippen LogP contribution in [-0.4, -0.2) is 16.7 Å². The molecule has 0 aliphatic heterocycles. The van der Waals surface area contributed by atoms with E-state index in [1.165, 1.54) is 6.07 Å². The second-order valence-corrected chi connectivity index (χ2v) is 4.83. The summed E-state index contributed by atoms with van der Waals surface area (Å²) in [6.07, 6.45) is 0.767. The van der Waals surface area contributed by atoms with Crippen molar-refractivity contribution < 1.29 is 9.13 Å². The molecule has 1 heterocycles. The third-order valence-corrected chi connectivity index (χ3v) is 3.52. The molecule has 0 bridgehead atoms. The minimum atomic E-state index is -0.348. The number of methoxy groups -OCH3 is 1. The summed E-state index contributed by atoms with van der Waals surface area (Å²) in [6.45, 7) is 0.638. The number of hydrogen-bond donors (Lipinski definition) is 1. The van der Waals surface area contributed by atoms with Gasteiger partial charge in [-0.1, -0.05) is 18.2 Å². The molecule has 3 aromatic rings. The van der Waals surface area contributed by atoms with Gasteiger partial charge in [0, 0.05) is 6.54 Å². The Balaban J connectivity index is 1.88. The van der Waals surface area contributed by atoms with Crippen LogP contribution >= 0.6 is 0 Å². The van der Waals surface area contributed by atoms with Crippen molar-refractivity contribution in [2.75, 3.05) is 12.8 Å². The monoisotopic (exact) mass is 285 g/mol. The minimum Gasteiger partial charge on any atom is -0.497 e. The fraction of sp³-hybridized carbons (Fsp3) is 0.188. The molecule has 2 N–H and O–H groups in total. The summed E-state index contributed by atoms with van der Waals surface area (Å²) in [5, 5.41) is 0. The van der Waals surface area contributed by atoms with E-state index < -0.39 is 0 Å². The molecule has 0 amide bonds. The SMILES string of the molecule is COc1cccc(CCn2c(N)nc3c(F)cccc32)c1. The van der Waals surface area contributed by atoms with E-state index in [-0.39, 0.29) is 5.82 Å². The summed E-state index contributed by atoms with van der Waals surface area (Å²) in [6, 6.07) is 12.7. The summed E-state index contributed by atoms with van der Waals surface area (Å²) in [7, 11) is 1.64. The lowest BCUT2D eigenvalue weighted by Crippen LogP contribution is -2.05. The van der Waals surface area contributed by atoms with Gasteiger partial charge >= 0.3 is 0 Å². The molecular weight excluding hydrogens is 269 g/mol. The maximum absolute atomic E-state index is 13.7. The third kappa shape index (κ3) is 2.54. The van der Waals surface area contributed by atoms with Gasteiger partial charge in [0.15, 0.2) is 5.82 Å². The second kappa shape index (κ2) is 5.44. The van der Waals surface area contributed by atoms with Gasteiger partial charge in [-0.25, -0.2) is 9.37 Å². The number of aromatic nitrogens is 2. The summed E-state index contributed by atoms with van der Waals surface area (Å²) < 4.78 is 20.7. The molecule has 3 rings (SSSR count). The highest BCUT2D eigenvalue weighted by Crippen LogP contribution is 2.21. The van der Waals surface area contributed by atoms with Crippen LogP contribution < -0.4 is 10.5 Å². The molecule has 108 valence electrons. The maximum Gasteiger partial charge on any atom is 0.201 e. The van der Waals surface area contributed by atoms with Crippen LogP contribution in [0.1, 0.15) is 5.56 Å². The zero-order valence-electron chi connectivity index (χ0n) is 11.7. The number of rotatable bonds is 4. The molecule has 0 saturated carbocycles. The van der Waals surface area contributed by atoms with E-state index in [0.717, 1.165) is 23.3 Å². The number of anilines is 1. The first-order valence-corrected chi connectivity index (χ1v) is 6.72. The lowest BCUT2D eigenvalue weighted by molar-refractivity contribution is 0.414. The molecular formula is C16H16FN3O. The standard InChI is InChI=1S/C16H16FN3O/c1-21-12-5-2-4-11(10-12)8-9-20-14-7-3-6-13(17)15(14)19-16(20)18/h2-7,10H,8-9H2,1H3,(H2,18,19). The van der Waals surface area contributed by atoms with Gasteiger partial charge in [0.1, 0.15) is 11.3 Å². The van der Waals surface area contributed by atoms with Crippen LogP contribution in [-0.2, 0) is 13.0 Å². The fourth-order valence-corrected chi connectivity index (χ4v) is 2.43. The number of nitrogen functional groups attached to an aromatic ring is 1. The number of ether oxygens (including phenoxy) is 1. The average Bonchev–Trinajstić information content (AvgIpc) is 2.83. The van der Waals surface area contributed by atoms with E-state index in [9.17, 15) is 4.39 Å². The zero-order valence-corrected chi connectivity index (χ0v) is 11.7. The highest BCUT2D eigenvalue weighted by atomic mass is 19.1. The Morgan fingerprint density at radius 1 is 1.24 bits per heavy atom. The van der Waals surface area contributed by atoms with Gasteiger partial charge in [0.25, 0.3) is 0 Å². The molecule has 0 aliphatic rings. The molecule has 0 saturated heterocycles. The van der Waals surface area contributed by atoms with Crippen molar-refractivity contribution in [1.29, 1.82) is 0 Å². The molecule has 0 aliphatic carbocycles. The lowest BCUT2D eigenvalue weighted by Gasteiger charge is -2.08. The highest BCUT2D eigenvalue weighted by Gasteiger charge is 2.11. The van der Waals surface area contributed by atoms with Crippen molar-refractivity contribution in [2.24, 2.45) is 0 Å². The first-order chi connectivity index (χ1) is 10.2. The number of halogens is 1. The van der Waals surface area contributed by atoms with Gasteiger partial charge in [-0.2, -0.15) is 0 Å². The summed E-state index contributed by atoms with van der Waals surface area (Å²) >= 11 is 0. The molecule has 0 fully saturated rings. The Labute approximate surface area is 122 Å². The molecule has 0 unspecified atom stereocenters. The normalized spacial score (nSPS) is 11.0. The highest BCUT2D eigenvalue weighted by molar-refractivity contribution is 5.78. The van der Waals surface area contributed by atoms with Gasteiger partial charge in [-0.05, 0) is 36.2 Å². The number of hydrogen-bond acceptors (Lipinski definition) is 3. The number of aryl methyl sites for hydroxylation is 2. The first kappa shape index (κ1) is 13.4. The van der Waals surface area contributed by atoms with Gasteiger partial charge < -0.3 is 15.0 Å². The topological polar surface area (TPSA) is 53.1 Å². The van der Waals surface area contributed by atoms with Crippen molar-refractivity contribution in [1.82, 2.24) is 9.55 Å². The van der Waals surface area contributed by atoms with Crippen LogP contribution in [0.4, 0.5) is 10.3 Å². The second-order valence-electron chi connectivity index (χ2n) is 4.83. The smallest absolute Gasteiger partial charge is 0.201 e. The van der Waals surface area contributed by atoms with Crippen LogP contribution in [0.25, 0.3) is 11.0 Å². The van der Waals surface area contributed by atoms with E-state index in [2.05, 4.69) is 4.98 Å². The van der Waals surface area contributed by atoms with Crippen molar-refractivity contribution in [3.05, 3.63) is 53.8 Å². The molecule has 0 spiro atoms. The molecule has 0 radical (unpaired) electrons. The average molecular weight is 285 g/mol. The molecule has 21 heavy (non-hydrogen) atoms. The number of benzene rings is 2. The maximum atomic E-state index is 13.7. The van der Waals surface area contributed by atoms with Crippen molar-refractivity contribution >= 4 is 17.0 Å². The van der Waals surface area contributed by atoms with Crippen LogP contribution in [0, 0.1) is 5.82 Å². The van der Waals surface area contributed by atoms with E-state index in [1.54, 1.807) is 13.2 Å². The van der Waals surface area contributed by atoms with Crippen LogP contribution in [0.15, 0.2) is 42.5 Å². The number of nitrogens with zero attached hydrogens (tertiary/aromatic N) is 2. The van der Waals surface area contributed by atoms with Crippen molar-refractivity contribution in [3.63, 3.8) is 0 Å². The number of para-hydroxylation sites is 1. The Kier molecular flexibility index (Phi) is 3.48. The Morgan fingerprint density at radius 2 is 2.05 bits per heavy atom. The largest absolute Gasteiger partial charge is 0.497 e. The van der Waals surface area contributed by atoms with Gasteiger partial charge in [0.05, 0.1) is 12.6 Å². The molecule has 0 atom stereocenters. The predicted molar refractivity (Wildman–Crippen MR) is 80.8 cm³/mol. The molecule has 2 aromatic carbocycles. The minimum absolute atomic E-state index is 0.320. The lowest BCUT2D eigenvalue weighted by atomic mass is 10.1.